The zero-order chi connectivity index (χ0) is 14.2. The first-order chi connectivity index (χ1) is 8.82. The van der Waals surface area contributed by atoms with Crippen LogP contribution in [0.25, 0.3) is 5.82 Å². The zero-order valence-corrected chi connectivity index (χ0v) is 11.0. The number of nitrogens with one attached hydrogen (secondary N) is 1. The largest absolute Gasteiger partial charge is 0.419 e. The zero-order valence-electron chi connectivity index (χ0n) is 9.46. The van der Waals surface area contributed by atoms with Crippen molar-refractivity contribution in [1.29, 1.82) is 0 Å². The molecule has 2 aromatic rings. The van der Waals surface area contributed by atoms with Gasteiger partial charge in [-0.3, -0.25) is 0 Å². The summed E-state index contributed by atoms with van der Waals surface area (Å²) < 4.78 is 38.4. The van der Waals surface area contributed by atoms with Crippen molar-refractivity contribution >= 4 is 29.0 Å². The van der Waals surface area contributed by atoms with Crippen molar-refractivity contribution < 1.29 is 13.2 Å². The summed E-state index contributed by atoms with van der Waals surface area (Å²) in [5.74, 6) is 0.357. The molecule has 0 amide bonds. The molecule has 0 aliphatic carbocycles. The van der Waals surface area contributed by atoms with Crippen LogP contribution in [-0.2, 0) is 6.18 Å². The number of halogens is 5. The Balaban J connectivity index is 2.50. The third-order valence-corrected chi connectivity index (χ3v) is 2.84. The topological polar surface area (TPSA) is 42.7 Å². The van der Waals surface area contributed by atoms with Gasteiger partial charge >= 0.3 is 6.18 Å². The molecule has 4 nitrogen and oxygen atoms in total. The molecule has 0 aliphatic rings. The quantitative estimate of drug-likeness (QED) is 0.921. The van der Waals surface area contributed by atoms with Crippen LogP contribution in [0.5, 0.6) is 0 Å². The first-order valence-electron chi connectivity index (χ1n) is 4.99. The molecule has 0 aromatic carbocycles. The molecule has 0 atom stereocenters. The van der Waals surface area contributed by atoms with Crippen LogP contribution >= 0.6 is 23.2 Å². The van der Waals surface area contributed by atoms with E-state index in [0.717, 1.165) is 10.9 Å². The number of pyridine rings is 1. The summed E-state index contributed by atoms with van der Waals surface area (Å²) in [5.41, 5.74) is -0.883. The van der Waals surface area contributed by atoms with Gasteiger partial charge in [-0.15, -0.1) is 0 Å². The molecule has 0 saturated carbocycles. The number of rotatable bonds is 2. The second kappa shape index (κ2) is 4.90. The van der Waals surface area contributed by atoms with Crippen LogP contribution in [0, 0.1) is 0 Å². The monoisotopic (exact) mass is 310 g/mol. The van der Waals surface area contributed by atoms with E-state index in [1.54, 1.807) is 7.05 Å². The van der Waals surface area contributed by atoms with Crippen LogP contribution in [0.3, 0.4) is 0 Å². The highest BCUT2D eigenvalue weighted by molar-refractivity contribution is 6.36. The minimum absolute atomic E-state index is 0.0610. The van der Waals surface area contributed by atoms with Crippen LogP contribution in [0.2, 0.25) is 10.0 Å². The molecule has 0 spiro atoms. The lowest BCUT2D eigenvalue weighted by molar-refractivity contribution is -0.137. The standard InChI is InChI=1S/C10H7Cl2F3N4/c1-16-8-6(11)2-7(12)9(18-8)19-4-5(3-17-19)10(13,14)15/h2-4H,1H3,(H,16,18). The van der Waals surface area contributed by atoms with Crippen molar-refractivity contribution in [1.82, 2.24) is 14.8 Å². The predicted molar refractivity (Wildman–Crippen MR) is 65.9 cm³/mol. The van der Waals surface area contributed by atoms with Crippen LogP contribution in [0.1, 0.15) is 5.56 Å². The van der Waals surface area contributed by atoms with Gasteiger partial charge in [0.2, 0.25) is 0 Å². The van der Waals surface area contributed by atoms with E-state index in [-0.39, 0.29) is 15.9 Å². The summed E-state index contributed by atoms with van der Waals surface area (Å²) in [7, 11) is 1.58. The lowest BCUT2D eigenvalue weighted by Crippen LogP contribution is -2.05. The highest BCUT2D eigenvalue weighted by atomic mass is 35.5. The van der Waals surface area contributed by atoms with Gasteiger partial charge in [0.25, 0.3) is 0 Å². The summed E-state index contributed by atoms with van der Waals surface area (Å²) in [5, 5.41) is 6.66. The molecule has 2 heterocycles. The number of hydrogen-bond acceptors (Lipinski definition) is 3. The third-order valence-electron chi connectivity index (χ3n) is 2.27. The summed E-state index contributed by atoms with van der Waals surface area (Å²) >= 11 is 11.7. The Kier molecular flexibility index (Phi) is 3.60. The molecule has 19 heavy (non-hydrogen) atoms. The molecule has 2 aromatic heterocycles. The van der Waals surface area contributed by atoms with Gasteiger partial charge in [0.15, 0.2) is 5.82 Å². The van der Waals surface area contributed by atoms with E-state index in [0.29, 0.717) is 12.0 Å². The van der Waals surface area contributed by atoms with Crippen LogP contribution in [-0.4, -0.2) is 21.8 Å². The Bertz CT molecular complexity index is 609. The number of anilines is 1. The van der Waals surface area contributed by atoms with Gasteiger partial charge in [-0.25, -0.2) is 9.67 Å². The maximum atomic E-state index is 12.5. The maximum Gasteiger partial charge on any atom is 0.419 e. The molecule has 0 bridgehead atoms. The molecule has 2 rings (SSSR count). The summed E-state index contributed by atoms with van der Waals surface area (Å²) in [4.78, 5) is 4.01. The van der Waals surface area contributed by atoms with Gasteiger partial charge < -0.3 is 5.32 Å². The van der Waals surface area contributed by atoms with E-state index in [1.165, 1.54) is 6.07 Å². The first-order valence-corrected chi connectivity index (χ1v) is 5.74. The highest BCUT2D eigenvalue weighted by Gasteiger charge is 2.32. The van der Waals surface area contributed by atoms with E-state index in [2.05, 4.69) is 15.4 Å². The van der Waals surface area contributed by atoms with Crippen molar-refractivity contribution in [2.75, 3.05) is 12.4 Å². The molecule has 9 heteroatoms. The second-order valence-corrected chi connectivity index (χ2v) is 4.36. The van der Waals surface area contributed by atoms with Gasteiger partial charge in [0.05, 0.1) is 21.8 Å². The molecule has 0 unspecified atom stereocenters. The van der Waals surface area contributed by atoms with Crippen molar-refractivity contribution in [3.05, 3.63) is 34.1 Å². The van der Waals surface area contributed by atoms with Gasteiger partial charge in [-0.2, -0.15) is 18.3 Å². The fourth-order valence-corrected chi connectivity index (χ4v) is 1.92. The van der Waals surface area contributed by atoms with Crippen LogP contribution in [0.15, 0.2) is 18.5 Å². The Morgan fingerprint density at radius 3 is 2.47 bits per heavy atom. The summed E-state index contributed by atoms with van der Waals surface area (Å²) in [6.07, 6.45) is -2.96. The van der Waals surface area contributed by atoms with Crippen molar-refractivity contribution in [2.24, 2.45) is 0 Å². The van der Waals surface area contributed by atoms with Crippen molar-refractivity contribution in [3.63, 3.8) is 0 Å². The lowest BCUT2D eigenvalue weighted by atomic mass is 10.3. The van der Waals surface area contributed by atoms with Gasteiger partial charge in [0, 0.05) is 13.2 Å². The Labute approximate surface area is 116 Å². The fraction of sp³-hybridized carbons (Fsp3) is 0.200. The van der Waals surface area contributed by atoms with E-state index in [4.69, 9.17) is 23.2 Å². The van der Waals surface area contributed by atoms with E-state index >= 15 is 0 Å². The Morgan fingerprint density at radius 2 is 1.95 bits per heavy atom. The molecule has 102 valence electrons. The molecular weight excluding hydrogens is 304 g/mol. The van der Waals surface area contributed by atoms with E-state index in [1.807, 2.05) is 0 Å². The van der Waals surface area contributed by atoms with Gasteiger partial charge in [-0.1, -0.05) is 23.2 Å². The average Bonchev–Trinajstić information content (AvgIpc) is 2.78. The molecular formula is C10H7Cl2F3N4. The van der Waals surface area contributed by atoms with Crippen molar-refractivity contribution in [3.8, 4) is 5.82 Å². The van der Waals surface area contributed by atoms with Gasteiger partial charge in [-0.05, 0) is 6.07 Å². The number of hydrogen-bond donors (Lipinski definition) is 1. The lowest BCUT2D eigenvalue weighted by Gasteiger charge is -2.08. The Morgan fingerprint density at radius 1 is 1.26 bits per heavy atom. The third kappa shape index (κ3) is 2.76. The minimum Gasteiger partial charge on any atom is -0.372 e. The number of nitrogens with zero attached hydrogens (tertiary/aromatic N) is 3. The Hall–Kier alpha value is -1.47. The molecule has 1 N–H and O–H groups in total. The molecule has 0 radical (unpaired) electrons. The smallest absolute Gasteiger partial charge is 0.372 e. The fourth-order valence-electron chi connectivity index (χ4n) is 1.38. The van der Waals surface area contributed by atoms with Crippen LogP contribution < -0.4 is 5.32 Å². The molecule has 0 fully saturated rings. The van der Waals surface area contributed by atoms with Crippen LogP contribution in [0.4, 0.5) is 19.0 Å². The van der Waals surface area contributed by atoms with E-state index in [9.17, 15) is 13.2 Å². The minimum atomic E-state index is -4.47. The molecule has 0 aliphatic heterocycles. The summed E-state index contributed by atoms with van der Waals surface area (Å²) in [6, 6.07) is 1.38. The predicted octanol–water partition coefficient (Wildman–Crippen LogP) is 3.63. The summed E-state index contributed by atoms with van der Waals surface area (Å²) in [6.45, 7) is 0. The normalized spacial score (nSPS) is 11.7. The maximum absolute atomic E-state index is 12.5. The SMILES string of the molecule is CNc1nc(-n2cc(C(F)(F)F)cn2)c(Cl)cc1Cl. The highest BCUT2D eigenvalue weighted by Crippen LogP contribution is 2.31. The van der Waals surface area contributed by atoms with Crippen molar-refractivity contribution in [2.45, 2.75) is 6.18 Å². The number of aromatic nitrogens is 3. The van der Waals surface area contributed by atoms with E-state index < -0.39 is 11.7 Å². The average molecular weight is 311 g/mol. The second-order valence-electron chi connectivity index (χ2n) is 3.55. The first kappa shape index (κ1) is 14.0. The van der Waals surface area contributed by atoms with Gasteiger partial charge in [0.1, 0.15) is 5.82 Å². The number of alkyl halides is 3. The molecule has 0 saturated heterocycles.